The quantitative estimate of drug-likeness (QED) is 0.790. The summed E-state index contributed by atoms with van der Waals surface area (Å²) in [4.78, 5) is 18.4. The Labute approximate surface area is 107 Å². The number of Topliss-reactive ketones (excluding diaryl/α,β-unsaturated/α-hetero) is 1. The zero-order valence-corrected chi connectivity index (χ0v) is 11.1. The van der Waals surface area contributed by atoms with Gasteiger partial charge in [0.25, 0.3) is 0 Å². The second-order valence-corrected chi connectivity index (χ2v) is 4.96. The van der Waals surface area contributed by atoms with Crippen molar-refractivity contribution in [2.24, 2.45) is 0 Å². The Morgan fingerprint density at radius 1 is 1.44 bits per heavy atom. The molecule has 1 saturated heterocycles. The molecular formula is C12H21N5O. The third-order valence-electron chi connectivity index (χ3n) is 3.10. The van der Waals surface area contributed by atoms with Crippen LogP contribution >= 0.6 is 0 Å². The van der Waals surface area contributed by atoms with Crippen LogP contribution in [0.15, 0.2) is 6.33 Å². The van der Waals surface area contributed by atoms with E-state index in [4.69, 9.17) is 0 Å². The van der Waals surface area contributed by atoms with Gasteiger partial charge in [0.05, 0.1) is 13.0 Å². The van der Waals surface area contributed by atoms with Crippen LogP contribution in [-0.2, 0) is 11.2 Å². The lowest BCUT2D eigenvalue weighted by Gasteiger charge is -2.26. The van der Waals surface area contributed by atoms with Crippen LogP contribution in [0.25, 0.3) is 0 Å². The first-order valence-electron chi connectivity index (χ1n) is 6.50. The summed E-state index contributed by atoms with van der Waals surface area (Å²) in [6.45, 7) is 8.43. The van der Waals surface area contributed by atoms with Gasteiger partial charge in [-0.2, -0.15) is 5.10 Å². The number of carbonyl (C=O) groups excluding carboxylic acids is 1. The zero-order valence-electron chi connectivity index (χ0n) is 11.1. The van der Waals surface area contributed by atoms with Gasteiger partial charge in [-0.1, -0.05) is 0 Å². The number of rotatable bonds is 5. The van der Waals surface area contributed by atoms with Crippen molar-refractivity contribution in [3.05, 3.63) is 12.2 Å². The average molecular weight is 251 g/mol. The first-order valence-corrected chi connectivity index (χ1v) is 6.50. The Bertz CT molecular complexity index is 395. The van der Waals surface area contributed by atoms with Gasteiger partial charge in [-0.25, -0.2) is 9.67 Å². The highest BCUT2D eigenvalue weighted by Gasteiger charge is 2.16. The third kappa shape index (κ3) is 3.36. The fourth-order valence-electron chi connectivity index (χ4n) is 2.18. The number of carbonyl (C=O) groups is 1. The standard InChI is InChI=1S/C12H21N5O/c1-10(2)17-12(14-9-15-17)7-11(18)8-16-5-3-13-4-6-16/h9-10,13H,3-8H2,1-2H3. The van der Waals surface area contributed by atoms with Gasteiger partial charge in [-0.15, -0.1) is 0 Å². The van der Waals surface area contributed by atoms with E-state index in [0.29, 0.717) is 13.0 Å². The van der Waals surface area contributed by atoms with Crippen LogP contribution in [0.4, 0.5) is 0 Å². The van der Waals surface area contributed by atoms with Gasteiger partial charge in [-0.05, 0) is 13.8 Å². The molecule has 2 rings (SSSR count). The van der Waals surface area contributed by atoms with Crippen molar-refractivity contribution < 1.29 is 4.79 Å². The second kappa shape index (κ2) is 6.06. The van der Waals surface area contributed by atoms with Crippen molar-refractivity contribution in [1.29, 1.82) is 0 Å². The third-order valence-corrected chi connectivity index (χ3v) is 3.10. The molecule has 1 aliphatic heterocycles. The highest BCUT2D eigenvalue weighted by molar-refractivity contribution is 5.82. The van der Waals surface area contributed by atoms with Gasteiger partial charge in [0, 0.05) is 32.2 Å². The van der Waals surface area contributed by atoms with E-state index >= 15 is 0 Å². The number of ketones is 1. The van der Waals surface area contributed by atoms with Crippen molar-refractivity contribution in [1.82, 2.24) is 25.0 Å². The molecule has 1 aromatic rings. The Morgan fingerprint density at radius 2 is 2.17 bits per heavy atom. The molecular weight excluding hydrogens is 230 g/mol. The van der Waals surface area contributed by atoms with E-state index in [0.717, 1.165) is 32.0 Å². The van der Waals surface area contributed by atoms with Crippen LogP contribution < -0.4 is 5.32 Å². The van der Waals surface area contributed by atoms with Crippen molar-refractivity contribution >= 4 is 5.78 Å². The summed E-state index contributed by atoms with van der Waals surface area (Å²) < 4.78 is 1.82. The minimum atomic E-state index is 0.215. The Hall–Kier alpha value is -1.27. The molecule has 0 bridgehead atoms. The summed E-state index contributed by atoms with van der Waals surface area (Å²) in [5.74, 6) is 0.983. The molecule has 0 unspecified atom stereocenters. The number of nitrogens with zero attached hydrogens (tertiary/aromatic N) is 4. The maximum atomic E-state index is 12.0. The largest absolute Gasteiger partial charge is 0.314 e. The number of hydrogen-bond acceptors (Lipinski definition) is 5. The molecule has 1 N–H and O–H groups in total. The Balaban J connectivity index is 1.88. The molecule has 1 aromatic heterocycles. The molecule has 0 atom stereocenters. The minimum Gasteiger partial charge on any atom is -0.314 e. The van der Waals surface area contributed by atoms with Crippen LogP contribution in [0.2, 0.25) is 0 Å². The molecule has 0 radical (unpaired) electrons. The van der Waals surface area contributed by atoms with E-state index in [2.05, 4.69) is 20.3 Å². The summed E-state index contributed by atoms with van der Waals surface area (Å²) in [6, 6.07) is 0.245. The van der Waals surface area contributed by atoms with Crippen molar-refractivity contribution in [3.8, 4) is 0 Å². The van der Waals surface area contributed by atoms with Gasteiger partial charge < -0.3 is 5.32 Å². The van der Waals surface area contributed by atoms with E-state index < -0.39 is 0 Å². The lowest BCUT2D eigenvalue weighted by Crippen LogP contribution is -2.45. The highest BCUT2D eigenvalue weighted by atomic mass is 16.1. The smallest absolute Gasteiger partial charge is 0.154 e. The summed E-state index contributed by atoms with van der Waals surface area (Å²) in [7, 11) is 0. The molecule has 0 spiro atoms. The fourth-order valence-corrected chi connectivity index (χ4v) is 2.18. The van der Waals surface area contributed by atoms with Crippen LogP contribution in [0.3, 0.4) is 0 Å². The van der Waals surface area contributed by atoms with Crippen LogP contribution in [-0.4, -0.2) is 58.2 Å². The molecule has 6 heteroatoms. The number of nitrogens with one attached hydrogen (secondary N) is 1. The van der Waals surface area contributed by atoms with Crippen molar-refractivity contribution in [2.45, 2.75) is 26.3 Å². The van der Waals surface area contributed by atoms with E-state index in [-0.39, 0.29) is 11.8 Å². The summed E-state index contributed by atoms with van der Waals surface area (Å²) in [5, 5.41) is 7.42. The molecule has 1 fully saturated rings. The molecule has 18 heavy (non-hydrogen) atoms. The fraction of sp³-hybridized carbons (Fsp3) is 0.750. The van der Waals surface area contributed by atoms with Gasteiger partial charge in [0.1, 0.15) is 12.2 Å². The predicted octanol–water partition coefficient (Wildman–Crippen LogP) is -0.124. The molecule has 0 aliphatic carbocycles. The van der Waals surface area contributed by atoms with E-state index in [1.54, 1.807) is 0 Å². The number of piperazine rings is 1. The molecule has 0 aromatic carbocycles. The van der Waals surface area contributed by atoms with Gasteiger partial charge >= 0.3 is 0 Å². The molecule has 1 aliphatic rings. The monoisotopic (exact) mass is 251 g/mol. The Kier molecular flexibility index (Phi) is 4.43. The summed E-state index contributed by atoms with van der Waals surface area (Å²) in [5.41, 5.74) is 0. The number of hydrogen-bond donors (Lipinski definition) is 1. The number of aromatic nitrogens is 3. The molecule has 2 heterocycles. The van der Waals surface area contributed by atoms with E-state index in [9.17, 15) is 4.79 Å². The molecule has 0 saturated carbocycles. The SMILES string of the molecule is CC(C)n1ncnc1CC(=O)CN1CCNCC1. The van der Waals surface area contributed by atoms with Crippen LogP contribution in [0, 0.1) is 0 Å². The van der Waals surface area contributed by atoms with Gasteiger partial charge in [0.2, 0.25) is 0 Å². The van der Waals surface area contributed by atoms with Gasteiger partial charge in [-0.3, -0.25) is 9.69 Å². The van der Waals surface area contributed by atoms with Crippen molar-refractivity contribution in [3.63, 3.8) is 0 Å². The highest BCUT2D eigenvalue weighted by Crippen LogP contribution is 2.06. The summed E-state index contributed by atoms with van der Waals surface area (Å²) in [6.07, 6.45) is 1.90. The van der Waals surface area contributed by atoms with Crippen LogP contribution in [0.5, 0.6) is 0 Å². The minimum absolute atomic E-state index is 0.215. The predicted molar refractivity (Wildman–Crippen MR) is 68.4 cm³/mol. The summed E-state index contributed by atoms with van der Waals surface area (Å²) >= 11 is 0. The maximum absolute atomic E-state index is 12.0. The lowest BCUT2D eigenvalue weighted by molar-refractivity contribution is -0.119. The average Bonchev–Trinajstić information content (AvgIpc) is 2.78. The van der Waals surface area contributed by atoms with Gasteiger partial charge in [0.15, 0.2) is 5.78 Å². The molecule has 6 nitrogen and oxygen atoms in total. The first kappa shape index (κ1) is 13.2. The maximum Gasteiger partial charge on any atom is 0.154 e. The topological polar surface area (TPSA) is 63.1 Å². The lowest BCUT2D eigenvalue weighted by atomic mass is 10.2. The van der Waals surface area contributed by atoms with E-state index in [1.807, 2.05) is 18.5 Å². The van der Waals surface area contributed by atoms with Crippen LogP contribution in [0.1, 0.15) is 25.7 Å². The second-order valence-electron chi connectivity index (χ2n) is 4.96. The normalized spacial score (nSPS) is 17.3. The zero-order chi connectivity index (χ0) is 13.0. The Morgan fingerprint density at radius 3 is 2.83 bits per heavy atom. The molecule has 100 valence electrons. The first-order chi connectivity index (χ1) is 8.66. The molecule has 0 amide bonds. The van der Waals surface area contributed by atoms with E-state index in [1.165, 1.54) is 6.33 Å². The van der Waals surface area contributed by atoms with Crippen molar-refractivity contribution in [2.75, 3.05) is 32.7 Å².